The molecule has 0 unspecified atom stereocenters. The van der Waals surface area contributed by atoms with Gasteiger partial charge in [-0.25, -0.2) is 0 Å². The molecule has 2 aromatic rings. The third kappa shape index (κ3) is 4.01. The van der Waals surface area contributed by atoms with Crippen LogP contribution in [0.25, 0.3) is 6.08 Å². The SMILES string of the molecule is CN1CCN(c2ccccc2C=C2OCCN(c3ccc(Cl)cc3)C2=O)CC1. The maximum Gasteiger partial charge on any atom is 0.293 e. The summed E-state index contributed by atoms with van der Waals surface area (Å²) in [4.78, 5) is 19.5. The minimum absolute atomic E-state index is 0.123. The molecule has 0 atom stereocenters. The van der Waals surface area contributed by atoms with Gasteiger partial charge in [0.25, 0.3) is 5.91 Å². The molecule has 0 N–H and O–H groups in total. The second-order valence-corrected chi connectivity index (χ2v) is 7.58. The van der Waals surface area contributed by atoms with E-state index < -0.39 is 0 Å². The number of carbonyl (C=O) groups is 1. The van der Waals surface area contributed by atoms with Crippen molar-refractivity contribution in [3.63, 3.8) is 0 Å². The summed E-state index contributed by atoms with van der Waals surface area (Å²) in [7, 11) is 2.14. The largest absolute Gasteiger partial charge is 0.486 e. The molecule has 5 nitrogen and oxygen atoms in total. The molecule has 0 spiro atoms. The second kappa shape index (κ2) is 8.25. The van der Waals surface area contributed by atoms with Crippen molar-refractivity contribution in [2.75, 3.05) is 56.2 Å². The van der Waals surface area contributed by atoms with Gasteiger partial charge in [-0.05, 0) is 43.5 Å². The Bertz CT molecular complexity index is 874. The Labute approximate surface area is 170 Å². The van der Waals surface area contributed by atoms with Crippen LogP contribution in [0.2, 0.25) is 5.02 Å². The molecule has 2 aliphatic heterocycles. The molecule has 28 heavy (non-hydrogen) atoms. The lowest BCUT2D eigenvalue weighted by Gasteiger charge is -2.35. The first-order valence-electron chi connectivity index (χ1n) is 9.56. The summed E-state index contributed by atoms with van der Waals surface area (Å²) in [6.07, 6.45) is 1.87. The fourth-order valence-electron chi connectivity index (χ4n) is 3.60. The number of piperazine rings is 1. The van der Waals surface area contributed by atoms with Crippen LogP contribution in [-0.4, -0.2) is 57.2 Å². The Balaban J connectivity index is 1.60. The first-order valence-corrected chi connectivity index (χ1v) is 9.94. The summed E-state index contributed by atoms with van der Waals surface area (Å²) in [6.45, 7) is 5.01. The molecular weight excluding hydrogens is 374 g/mol. The molecule has 0 radical (unpaired) electrons. The van der Waals surface area contributed by atoms with E-state index >= 15 is 0 Å². The van der Waals surface area contributed by atoms with Crippen LogP contribution in [-0.2, 0) is 9.53 Å². The fraction of sp³-hybridized carbons (Fsp3) is 0.318. The Kier molecular flexibility index (Phi) is 5.55. The molecule has 2 aromatic carbocycles. The zero-order chi connectivity index (χ0) is 19.5. The van der Waals surface area contributed by atoms with E-state index in [1.54, 1.807) is 17.0 Å². The lowest BCUT2D eigenvalue weighted by Crippen LogP contribution is -2.44. The van der Waals surface area contributed by atoms with E-state index in [-0.39, 0.29) is 5.91 Å². The smallest absolute Gasteiger partial charge is 0.293 e. The number of para-hydroxylation sites is 1. The average molecular weight is 398 g/mol. The number of rotatable bonds is 3. The summed E-state index contributed by atoms with van der Waals surface area (Å²) in [5.41, 5.74) is 2.98. The van der Waals surface area contributed by atoms with Gasteiger partial charge in [-0.3, -0.25) is 4.79 Å². The van der Waals surface area contributed by atoms with Gasteiger partial charge in [0.1, 0.15) is 6.61 Å². The molecule has 2 fully saturated rings. The minimum atomic E-state index is -0.123. The van der Waals surface area contributed by atoms with Gasteiger partial charge in [0.15, 0.2) is 5.76 Å². The van der Waals surface area contributed by atoms with Crippen molar-refractivity contribution < 1.29 is 9.53 Å². The van der Waals surface area contributed by atoms with Crippen molar-refractivity contribution >= 4 is 35.0 Å². The van der Waals surface area contributed by atoms with E-state index in [1.165, 1.54) is 0 Å². The van der Waals surface area contributed by atoms with Gasteiger partial charge in [0.05, 0.1) is 6.54 Å². The molecule has 2 heterocycles. The zero-order valence-electron chi connectivity index (χ0n) is 16.0. The molecule has 2 saturated heterocycles. The first-order chi connectivity index (χ1) is 13.6. The lowest BCUT2D eigenvalue weighted by molar-refractivity contribution is -0.120. The number of amides is 1. The zero-order valence-corrected chi connectivity index (χ0v) is 16.7. The van der Waals surface area contributed by atoms with Crippen molar-refractivity contribution in [1.29, 1.82) is 0 Å². The summed E-state index contributed by atoms with van der Waals surface area (Å²) < 4.78 is 5.75. The molecule has 0 aromatic heterocycles. The number of likely N-dealkylation sites (N-methyl/N-ethyl adjacent to an activating group) is 1. The molecule has 0 bridgehead atoms. The molecule has 146 valence electrons. The van der Waals surface area contributed by atoms with E-state index in [2.05, 4.69) is 22.9 Å². The van der Waals surface area contributed by atoms with Gasteiger partial charge in [-0.2, -0.15) is 0 Å². The summed E-state index contributed by atoms with van der Waals surface area (Å²) in [5, 5.41) is 0.654. The number of morpholine rings is 1. The van der Waals surface area contributed by atoms with Crippen molar-refractivity contribution in [3.8, 4) is 0 Å². The highest BCUT2D eigenvalue weighted by atomic mass is 35.5. The van der Waals surface area contributed by atoms with Crippen LogP contribution in [0.5, 0.6) is 0 Å². The third-order valence-corrected chi connectivity index (χ3v) is 5.49. The number of hydrogen-bond donors (Lipinski definition) is 0. The topological polar surface area (TPSA) is 36.0 Å². The Hall–Kier alpha value is -2.50. The first kappa shape index (κ1) is 18.8. The van der Waals surface area contributed by atoms with E-state index in [0.29, 0.717) is 23.9 Å². The minimum Gasteiger partial charge on any atom is -0.486 e. The highest BCUT2D eigenvalue weighted by molar-refractivity contribution is 6.30. The number of benzene rings is 2. The number of anilines is 2. The second-order valence-electron chi connectivity index (χ2n) is 7.14. The van der Waals surface area contributed by atoms with E-state index in [0.717, 1.165) is 43.1 Å². The number of ether oxygens (including phenoxy) is 1. The van der Waals surface area contributed by atoms with Crippen molar-refractivity contribution in [2.24, 2.45) is 0 Å². The monoisotopic (exact) mass is 397 g/mol. The quantitative estimate of drug-likeness (QED) is 0.743. The van der Waals surface area contributed by atoms with Gasteiger partial charge in [0, 0.05) is 48.1 Å². The number of nitrogens with zero attached hydrogens (tertiary/aromatic N) is 3. The van der Waals surface area contributed by atoms with E-state index in [9.17, 15) is 4.79 Å². The summed E-state index contributed by atoms with van der Waals surface area (Å²) >= 11 is 5.98. The molecule has 4 rings (SSSR count). The van der Waals surface area contributed by atoms with Crippen LogP contribution >= 0.6 is 11.6 Å². The molecular formula is C22H24ClN3O2. The van der Waals surface area contributed by atoms with Crippen molar-refractivity contribution in [1.82, 2.24) is 4.90 Å². The maximum absolute atomic E-state index is 13.0. The maximum atomic E-state index is 13.0. The third-order valence-electron chi connectivity index (χ3n) is 5.23. The van der Waals surface area contributed by atoms with Crippen LogP contribution in [0, 0.1) is 0 Å². The Morgan fingerprint density at radius 3 is 2.43 bits per heavy atom. The van der Waals surface area contributed by atoms with Crippen LogP contribution in [0.3, 0.4) is 0 Å². The van der Waals surface area contributed by atoms with Crippen molar-refractivity contribution in [3.05, 3.63) is 64.9 Å². The molecule has 6 heteroatoms. The van der Waals surface area contributed by atoms with Gasteiger partial charge in [-0.1, -0.05) is 29.8 Å². The Morgan fingerprint density at radius 2 is 1.68 bits per heavy atom. The highest BCUT2D eigenvalue weighted by Gasteiger charge is 2.26. The molecule has 2 aliphatic rings. The predicted octanol–water partition coefficient (Wildman–Crippen LogP) is 3.50. The molecule has 0 saturated carbocycles. The highest BCUT2D eigenvalue weighted by Crippen LogP contribution is 2.27. The van der Waals surface area contributed by atoms with Crippen LogP contribution in [0.1, 0.15) is 5.56 Å². The van der Waals surface area contributed by atoms with Gasteiger partial charge >= 0.3 is 0 Å². The van der Waals surface area contributed by atoms with Crippen LogP contribution in [0.4, 0.5) is 11.4 Å². The molecule has 0 aliphatic carbocycles. The van der Waals surface area contributed by atoms with Gasteiger partial charge < -0.3 is 19.4 Å². The standard InChI is InChI=1S/C22H24ClN3O2/c1-24-10-12-25(13-11-24)20-5-3-2-4-17(20)16-21-22(27)26(14-15-28-21)19-8-6-18(23)7-9-19/h2-9,16H,10-15H2,1H3. The normalized spacial score (nSPS) is 19.8. The average Bonchev–Trinajstić information content (AvgIpc) is 2.71. The Morgan fingerprint density at radius 1 is 0.964 bits per heavy atom. The van der Waals surface area contributed by atoms with E-state index in [4.69, 9.17) is 16.3 Å². The molecule has 1 amide bonds. The predicted molar refractivity (Wildman–Crippen MR) is 114 cm³/mol. The van der Waals surface area contributed by atoms with Crippen molar-refractivity contribution in [2.45, 2.75) is 0 Å². The number of carbonyl (C=O) groups excluding carboxylic acids is 1. The van der Waals surface area contributed by atoms with Gasteiger partial charge in [-0.15, -0.1) is 0 Å². The number of hydrogen-bond acceptors (Lipinski definition) is 4. The summed E-state index contributed by atoms with van der Waals surface area (Å²) in [6, 6.07) is 15.5. The summed E-state index contributed by atoms with van der Waals surface area (Å²) in [5.74, 6) is 0.254. The van der Waals surface area contributed by atoms with Crippen LogP contribution in [0.15, 0.2) is 54.3 Å². The number of halogens is 1. The van der Waals surface area contributed by atoms with Crippen LogP contribution < -0.4 is 9.80 Å². The lowest BCUT2D eigenvalue weighted by atomic mass is 10.1. The van der Waals surface area contributed by atoms with Gasteiger partial charge in [0.2, 0.25) is 0 Å². The van der Waals surface area contributed by atoms with E-state index in [1.807, 2.05) is 36.4 Å². The fourth-order valence-corrected chi connectivity index (χ4v) is 3.73.